The summed E-state index contributed by atoms with van der Waals surface area (Å²) in [6.45, 7) is 5.72. The number of anilines is 2. The van der Waals surface area contributed by atoms with Crippen LogP contribution in [0.3, 0.4) is 0 Å². The molecule has 9 nitrogen and oxygen atoms in total. The number of benzene rings is 1. The second-order valence-electron chi connectivity index (χ2n) is 6.22. The largest absolute Gasteiger partial charge is 0.379 e. The summed E-state index contributed by atoms with van der Waals surface area (Å²) in [4.78, 5) is 6.58. The summed E-state index contributed by atoms with van der Waals surface area (Å²) < 4.78 is 5.42. The summed E-state index contributed by atoms with van der Waals surface area (Å²) in [6, 6.07) is 13.9. The minimum absolute atomic E-state index is 0.183. The maximum absolute atomic E-state index is 7.66. The quantitative estimate of drug-likeness (QED) is 0.281. The van der Waals surface area contributed by atoms with Crippen molar-refractivity contribution in [2.45, 2.75) is 13.0 Å². The first kappa shape index (κ1) is 19.1. The van der Waals surface area contributed by atoms with Gasteiger partial charge in [-0.25, -0.2) is 9.99 Å². The van der Waals surface area contributed by atoms with Gasteiger partial charge in [-0.15, -0.1) is 5.53 Å². The summed E-state index contributed by atoms with van der Waals surface area (Å²) in [7, 11) is 0. The Balaban J connectivity index is 1.53. The van der Waals surface area contributed by atoms with Crippen molar-refractivity contribution in [3.05, 3.63) is 54.2 Å². The first-order valence-corrected chi connectivity index (χ1v) is 8.89. The molecule has 1 aliphatic heterocycles. The number of ether oxygens (including phenoxy) is 1. The Kier molecular flexibility index (Phi) is 6.55. The van der Waals surface area contributed by atoms with Crippen LogP contribution in [-0.4, -0.2) is 42.1 Å². The molecule has 1 aliphatic rings. The molecular formula is C18H26N8O. The fraction of sp³-hybridized carbons (Fsp3) is 0.333. The molecule has 9 heteroatoms. The third-order valence-corrected chi connectivity index (χ3v) is 4.48. The summed E-state index contributed by atoms with van der Waals surface area (Å²) in [5.74, 6) is 0.326. The van der Waals surface area contributed by atoms with Crippen LogP contribution in [0.2, 0.25) is 0 Å². The topological polar surface area (TPSA) is 115 Å². The molecule has 1 unspecified atom stereocenters. The van der Waals surface area contributed by atoms with Crippen molar-refractivity contribution in [2.24, 2.45) is 5.73 Å². The lowest BCUT2D eigenvalue weighted by molar-refractivity contribution is 0.0198. The van der Waals surface area contributed by atoms with E-state index in [4.69, 9.17) is 15.9 Å². The molecule has 144 valence electrons. The molecule has 27 heavy (non-hydrogen) atoms. The summed E-state index contributed by atoms with van der Waals surface area (Å²) >= 11 is 0. The zero-order chi connectivity index (χ0) is 19.1. The van der Waals surface area contributed by atoms with Crippen molar-refractivity contribution < 1.29 is 4.74 Å². The Bertz CT molecular complexity index is 718. The van der Waals surface area contributed by atoms with Gasteiger partial charge in [0.05, 0.1) is 18.9 Å². The van der Waals surface area contributed by atoms with Gasteiger partial charge in [0.25, 0.3) is 0 Å². The molecular weight excluding hydrogens is 344 g/mol. The van der Waals surface area contributed by atoms with E-state index in [0.717, 1.165) is 32.0 Å². The van der Waals surface area contributed by atoms with Crippen molar-refractivity contribution in [1.82, 2.24) is 21.0 Å². The number of guanidine groups is 1. The smallest absolute Gasteiger partial charge is 0.210 e. The normalized spacial score (nSPS) is 15.9. The van der Waals surface area contributed by atoms with E-state index >= 15 is 0 Å². The van der Waals surface area contributed by atoms with Crippen LogP contribution in [0.1, 0.15) is 18.5 Å². The van der Waals surface area contributed by atoms with Gasteiger partial charge in [0.15, 0.2) is 5.82 Å². The van der Waals surface area contributed by atoms with Crippen molar-refractivity contribution >= 4 is 17.5 Å². The highest BCUT2D eigenvalue weighted by Crippen LogP contribution is 2.22. The lowest BCUT2D eigenvalue weighted by atomic mass is 10.1. The number of aromatic nitrogens is 1. The molecule has 0 radical (unpaired) electrons. The molecule has 1 atom stereocenters. The lowest BCUT2D eigenvalue weighted by Gasteiger charge is -2.32. The van der Waals surface area contributed by atoms with Gasteiger partial charge in [-0.3, -0.25) is 10.3 Å². The lowest BCUT2D eigenvalue weighted by Crippen LogP contribution is -2.55. The molecule has 0 aliphatic carbocycles. The van der Waals surface area contributed by atoms with Gasteiger partial charge in [-0.1, -0.05) is 18.2 Å². The zero-order valence-corrected chi connectivity index (χ0v) is 15.4. The molecule has 1 aromatic carbocycles. The van der Waals surface area contributed by atoms with Crippen LogP contribution in [0.4, 0.5) is 11.5 Å². The van der Waals surface area contributed by atoms with Crippen LogP contribution in [0.15, 0.2) is 48.7 Å². The number of nitrogens with one attached hydrogen (secondary N) is 4. The highest BCUT2D eigenvalue weighted by molar-refractivity contribution is 5.90. The molecule has 0 saturated carbocycles. The van der Waals surface area contributed by atoms with E-state index in [9.17, 15) is 0 Å². The minimum atomic E-state index is -0.183. The highest BCUT2D eigenvalue weighted by Gasteiger charge is 2.18. The molecule has 2 heterocycles. The van der Waals surface area contributed by atoms with E-state index in [-0.39, 0.29) is 5.96 Å². The molecule has 2 aromatic rings. The van der Waals surface area contributed by atoms with Gasteiger partial charge in [-0.05, 0) is 36.8 Å². The van der Waals surface area contributed by atoms with Gasteiger partial charge in [0.1, 0.15) is 0 Å². The van der Waals surface area contributed by atoms with Gasteiger partial charge in [0, 0.05) is 25.3 Å². The van der Waals surface area contributed by atoms with Gasteiger partial charge in [-0.2, -0.15) is 5.53 Å². The van der Waals surface area contributed by atoms with E-state index in [2.05, 4.69) is 45.4 Å². The molecule has 6 N–H and O–H groups in total. The maximum Gasteiger partial charge on any atom is 0.210 e. The van der Waals surface area contributed by atoms with E-state index in [0.29, 0.717) is 11.9 Å². The van der Waals surface area contributed by atoms with Crippen LogP contribution in [0, 0.1) is 5.41 Å². The number of pyridine rings is 1. The predicted octanol–water partition coefficient (Wildman–Crippen LogP) is 1.21. The van der Waals surface area contributed by atoms with E-state index in [1.54, 1.807) is 18.3 Å². The Hall–Kier alpha value is -2.72. The highest BCUT2D eigenvalue weighted by atomic mass is 16.5. The molecule has 0 bridgehead atoms. The molecule has 1 fully saturated rings. The third kappa shape index (κ3) is 5.14. The van der Waals surface area contributed by atoms with E-state index in [1.807, 2.05) is 18.2 Å². The predicted molar refractivity (Wildman–Crippen MR) is 106 cm³/mol. The second kappa shape index (κ2) is 9.28. The third-order valence-electron chi connectivity index (χ3n) is 4.48. The van der Waals surface area contributed by atoms with Gasteiger partial charge in [0.2, 0.25) is 5.96 Å². The molecule has 3 rings (SSSR count). The number of hydrazine groups is 3. The van der Waals surface area contributed by atoms with Gasteiger partial charge >= 0.3 is 0 Å². The molecule has 1 saturated heterocycles. The van der Waals surface area contributed by atoms with E-state index in [1.165, 1.54) is 10.6 Å². The number of nitrogens with zero attached hydrogens (tertiary/aromatic N) is 3. The average Bonchev–Trinajstić information content (AvgIpc) is 2.72. The molecule has 0 spiro atoms. The standard InChI is InChI=1S/C18H26N8O/c1-14(25-10-12-27-13-11-25)15-5-7-16(8-6-15)22-23-24-26(18(19)20)17-4-2-3-9-21-17/h2-9,14,22-24H,10-13H2,1H3,(H3,19,20). The zero-order valence-electron chi connectivity index (χ0n) is 15.4. The molecule has 1 aromatic heterocycles. The Labute approximate surface area is 158 Å². The SMILES string of the molecule is CC(c1ccc(NNNN(C(=N)N)c2ccccn2)cc1)N1CCOCC1. The van der Waals surface area contributed by atoms with Crippen LogP contribution in [0.25, 0.3) is 0 Å². The second-order valence-corrected chi connectivity index (χ2v) is 6.22. The Morgan fingerprint density at radius 1 is 1.22 bits per heavy atom. The minimum Gasteiger partial charge on any atom is -0.379 e. The van der Waals surface area contributed by atoms with Crippen LogP contribution >= 0.6 is 0 Å². The molecule has 0 amide bonds. The number of nitrogens with two attached hydrogens (primary N) is 1. The fourth-order valence-electron chi connectivity index (χ4n) is 2.90. The summed E-state index contributed by atoms with van der Waals surface area (Å²) in [5, 5.41) is 8.99. The van der Waals surface area contributed by atoms with Crippen LogP contribution in [-0.2, 0) is 4.74 Å². The van der Waals surface area contributed by atoms with Crippen LogP contribution < -0.4 is 27.2 Å². The average molecular weight is 370 g/mol. The van der Waals surface area contributed by atoms with Crippen molar-refractivity contribution in [1.29, 1.82) is 5.41 Å². The number of hydrogen-bond acceptors (Lipinski definition) is 7. The Morgan fingerprint density at radius 2 is 1.96 bits per heavy atom. The van der Waals surface area contributed by atoms with Gasteiger partial charge < -0.3 is 15.9 Å². The first-order valence-electron chi connectivity index (χ1n) is 8.89. The summed E-state index contributed by atoms with van der Waals surface area (Å²) in [5.41, 5.74) is 16.4. The summed E-state index contributed by atoms with van der Waals surface area (Å²) in [6.07, 6.45) is 1.63. The number of hydrogen-bond donors (Lipinski definition) is 5. The van der Waals surface area contributed by atoms with Crippen molar-refractivity contribution in [3.8, 4) is 0 Å². The Morgan fingerprint density at radius 3 is 2.59 bits per heavy atom. The number of rotatable bonds is 7. The monoisotopic (exact) mass is 370 g/mol. The first-order chi connectivity index (χ1) is 13.1. The number of morpholine rings is 1. The van der Waals surface area contributed by atoms with Crippen LogP contribution in [0.5, 0.6) is 0 Å². The van der Waals surface area contributed by atoms with Crippen molar-refractivity contribution in [3.63, 3.8) is 0 Å². The van der Waals surface area contributed by atoms with E-state index < -0.39 is 0 Å². The fourth-order valence-corrected chi connectivity index (χ4v) is 2.90. The van der Waals surface area contributed by atoms with Crippen molar-refractivity contribution in [2.75, 3.05) is 36.7 Å². The maximum atomic E-state index is 7.66.